The molecule has 1 aromatic rings. The van der Waals surface area contributed by atoms with E-state index < -0.39 is 48.2 Å². The Morgan fingerprint density at radius 1 is 1.45 bits per heavy atom. The topological polar surface area (TPSA) is 82.3 Å². The first kappa shape index (κ1) is 23.0. The molecule has 0 fully saturated rings. The monoisotopic (exact) mass is 434 g/mol. The maximum Gasteiger partial charge on any atom is 0.389 e. The number of allylic oxidation sites excluding steroid dienone is 2. The average Bonchev–Trinajstić information content (AvgIpc) is 2.60. The van der Waals surface area contributed by atoms with Gasteiger partial charge in [0.05, 0.1) is 24.3 Å². The van der Waals surface area contributed by atoms with E-state index in [1.54, 1.807) is 0 Å². The molecular formula is C19H19ClF4N2O3. The zero-order valence-electron chi connectivity index (χ0n) is 15.6. The van der Waals surface area contributed by atoms with Crippen LogP contribution >= 0.6 is 11.6 Å². The van der Waals surface area contributed by atoms with Gasteiger partial charge in [0.25, 0.3) is 0 Å². The number of ether oxygens (including phenoxy) is 1. The fourth-order valence-corrected chi connectivity index (χ4v) is 4.14. The van der Waals surface area contributed by atoms with Crippen LogP contribution in [0.4, 0.5) is 17.6 Å². The van der Waals surface area contributed by atoms with E-state index in [0.717, 1.165) is 12.1 Å². The highest BCUT2D eigenvalue weighted by Crippen LogP contribution is 2.53. The molecule has 0 saturated heterocycles. The maximum atomic E-state index is 13.6. The molecule has 2 N–H and O–H groups in total. The number of halogens is 5. The van der Waals surface area contributed by atoms with Crippen LogP contribution in [-0.2, 0) is 9.53 Å². The molecule has 1 aromatic carbocycles. The third-order valence-corrected chi connectivity index (χ3v) is 5.50. The molecule has 0 spiro atoms. The molecule has 0 amide bonds. The van der Waals surface area contributed by atoms with Crippen LogP contribution in [0.5, 0.6) is 0 Å². The van der Waals surface area contributed by atoms with Crippen molar-refractivity contribution >= 4 is 17.6 Å². The highest BCUT2D eigenvalue weighted by Gasteiger charge is 2.58. The third-order valence-electron chi connectivity index (χ3n) is 5.17. The Morgan fingerprint density at radius 3 is 2.59 bits per heavy atom. The number of rotatable bonds is 6. The van der Waals surface area contributed by atoms with Crippen molar-refractivity contribution in [3.63, 3.8) is 0 Å². The molecule has 0 saturated carbocycles. The van der Waals surface area contributed by atoms with Crippen molar-refractivity contribution in [2.75, 3.05) is 13.7 Å². The molecule has 1 heterocycles. The molecule has 158 valence electrons. The van der Waals surface area contributed by atoms with Gasteiger partial charge < -0.3 is 15.2 Å². The second kappa shape index (κ2) is 8.59. The lowest BCUT2D eigenvalue weighted by Gasteiger charge is -2.47. The van der Waals surface area contributed by atoms with Crippen molar-refractivity contribution in [2.24, 2.45) is 5.41 Å². The molecule has 1 aliphatic rings. The first-order valence-corrected chi connectivity index (χ1v) is 8.97. The SMILES string of the molecule is COCC1NC(C)=C(C#N)C(c2ccc(F)cc2Cl)C1(CCC(F)(F)F)C(=O)O. The number of nitriles is 1. The van der Waals surface area contributed by atoms with E-state index >= 15 is 0 Å². The summed E-state index contributed by atoms with van der Waals surface area (Å²) >= 11 is 6.14. The number of benzene rings is 1. The van der Waals surface area contributed by atoms with Gasteiger partial charge in [-0.05, 0) is 31.0 Å². The summed E-state index contributed by atoms with van der Waals surface area (Å²) < 4.78 is 57.9. The fourth-order valence-electron chi connectivity index (χ4n) is 3.86. The summed E-state index contributed by atoms with van der Waals surface area (Å²) in [5.41, 5.74) is -1.83. The summed E-state index contributed by atoms with van der Waals surface area (Å²) in [6.07, 6.45) is -6.85. The van der Waals surface area contributed by atoms with Gasteiger partial charge in [0.1, 0.15) is 11.2 Å². The van der Waals surface area contributed by atoms with Gasteiger partial charge in [-0.3, -0.25) is 4.79 Å². The van der Waals surface area contributed by atoms with Gasteiger partial charge in [-0.1, -0.05) is 17.7 Å². The van der Waals surface area contributed by atoms with E-state index in [9.17, 15) is 32.7 Å². The Balaban J connectivity index is 2.81. The molecular weight excluding hydrogens is 416 g/mol. The number of aliphatic carboxylic acids is 1. The van der Waals surface area contributed by atoms with E-state index in [4.69, 9.17) is 16.3 Å². The van der Waals surface area contributed by atoms with Gasteiger partial charge in [0.2, 0.25) is 0 Å². The largest absolute Gasteiger partial charge is 0.481 e. The molecule has 0 aromatic heterocycles. The maximum absolute atomic E-state index is 13.6. The smallest absolute Gasteiger partial charge is 0.389 e. The van der Waals surface area contributed by atoms with Gasteiger partial charge in [0.15, 0.2) is 0 Å². The number of hydrogen-bond donors (Lipinski definition) is 2. The van der Waals surface area contributed by atoms with Crippen LogP contribution in [0.25, 0.3) is 0 Å². The van der Waals surface area contributed by atoms with Crippen LogP contribution in [0.1, 0.15) is 31.2 Å². The molecule has 29 heavy (non-hydrogen) atoms. The number of nitrogens with zero attached hydrogens (tertiary/aromatic N) is 1. The first-order chi connectivity index (χ1) is 13.5. The second-order valence-corrected chi connectivity index (χ2v) is 7.27. The summed E-state index contributed by atoms with van der Waals surface area (Å²) in [7, 11) is 1.29. The summed E-state index contributed by atoms with van der Waals surface area (Å²) in [6.45, 7) is 1.29. The van der Waals surface area contributed by atoms with Crippen LogP contribution in [-0.4, -0.2) is 37.0 Å². The number of methoxy groups -OCH3 is 1. The number of alkyl halides is 3. The lowest BCUT2D eigenvalue weighted by atomic mass is 9.60. The van der Waals surface area contributed by atoms with Crippen LogP contribution in [0, 0.1) is 22.6 Å². The predicted molar refractivity (Wildman–Crippen MR) is 96.6 cm³/mol. The molecule has 2 rings (SSSR count). The number of carbonyl (C=O) groups is 1. The zero-order chi connectivity index (χ0) is 22.0. The molecule has 10 heteroatoms. The van der Waals surface area contributed by atoms with Crippen molar-refractivity contribution in [2.45, 2.75) is 37.9 Å². The Bertz CT molecular complexity index is 866. The Kier molecular flexibility index (Phi) is 6.81. The lowest BCUT2D eigenvalue weighted by Crippen LogP contribution is -2.59. The first-order valence-electron chi connectivity index (χ1n) is 8.59. The summed E-state index contributed by atoms with van der Waals surface area (Å²) in [5, 5.41) is 22.5. The Hall–Kier alpha value is -2.31. The van der Waals surface area contributed by atoms with Gasteiger partial charge in [-0.2, -0.15) is 18.4 Å². The predicted octanol–water partition coefficient (Wildman–Crippen LogP) is 4.39. The average molecular weight is 435 g/mol. The van der Waals surface area contributed by atoms with Gasteiger partial charge >= 0.3 is 12.1 Å². The molecule has 0 radical (unpaired) electrons. The fraction of sp³-hybridized carbons (Fsp3) is 0.474. The number of carboxylic acid groups (broad SMARTS) is 1. The Labute approximate surface area is 169 Å². The molecule has 3 unspecified atom stereocenters. The molecule has 0 aliphatic carbocycles. The van der Waals surface area contributed by atoms with Gasteiger partial charge in [0, 0.05) is 30.2 Å². The van der Waals surface area contributed by atoms with E-state index in [-0.39, 0.29) is 22.8 Å². The minimum atomic E-state index is -4.62. The van der Waals surface area contributed by atoms with Crippen LogP contribution < -0.4 is 5.32 Å². The van der Waals surface area contributed by atoms with E-state index in [0.29, 0.717) is 5.70 Å². The molecule has 0 bridgehead atoms. The van der Waals surface area contributed by atoms with Crippen molar-refractivity contribution in [3.05, 3.63) is 45.9 Å². The van der Waals surface area contributed by atoms with Crippen molar-refractivity contribution in [1.29, 1.82) is 5.26 Å². The summed E-state index contributed by atoms with van der Waals surface area (Å²) in [4.78, 5) is 12.5. The van der Waals surface area contributed by atoms with E-state index in [1.807, 2.05) is 6.07 Å². The van der Waals surface area contributed by atoms with Crippen molar-refractivity contribution in [1.82, 2.24) is 5.32 Å². The minimum absolute atomic E-state index is 0.0659. The quantitative estimate of drug-likeness (QED) is 0.649. The van der Waals surface area contributed by atoms with Crippen molar-refractivity contribution < 1.29 is 32.2 Å². The number of hydrogen-bond acceptors (Lipinski definition) is 4. The molecule has 5 nitrogen and oxygen atoms in total. The molecule has 3 atom stereocenters. The standard InChI is InChI=1S/C19H19ClF4N2O3/c1-10-13(8-25)16(12-4-3-11(21)7-14(12)20)18(17(27)28,5-6-19(22,23)24)15(26-10)9-29-2/h3-4,7,15-16,26H,5-6,9H2,1-2H3,(H,27,28). The van der Waals surface area contributed by atoms with E-state index in [1.165, 1.54) is 20.1 Å². The highest BCUT2D eigenvalue weighted by molar-refractivity contribution is 6.31. The van der Waals surface area contributed by atoms with Crippen LogP contribution in [0.2, 0.25) is 5.02 Å². The van der Waals surface area contributed by atoms with Crippen LogP contribution in [0.15, 0.2) is 29.5 Å². The van der Waals surface area contributed by atoms with Crippen molar-refractivity contribution in [3.8, 4) is 6.07 Å². The summed E-state index contributed by atoms with van der Waals surface area (Å²) in [6, 6.07) is 3.97. The Morgan fingerprint density at radius 2 is 2.10 bits per heavy atom. The normalized spacial score (nSPS) is 24.8. The number of nitrogens with one attached hydrogen (secondary N) is 1. The van der Waals surface area contributed by atoms with E-state index in [2.05, 4.69) is 5.32 Å². The van der Waals surface area contributed by atoms with Gasteiger partial charge in [-0.25, -0.2) is 4.39 Å². The summed E-state index contributed by atoms with van der Waals surface area (Å²) in [5.74, 6) is -3.57. The van der Waals surface area contributed by atoms with Gasteiger partial charge in [-0.15, -0.1) is 0 Å². The zero-order valence-corrected chi connectivity index (χ0v) is 16.4. The molecule has 1 aliphatic heterocycles. The minimum Gasteiger partial charge on any atom is -0.481 e. The number of carboxylic acids is 1. The highest BCUT2D eigenvalue weighted by atomic mass is 35.5. The van der Waals surface area contributed by atoms with Crippen LogP contribution in [0.3, 0.4) is 0 Å². The third kappa shape index (κ3) is 4.49. The lowest BCUT2D eigenvalue weighted by molar-refractivity contribution is -0.163. The second-order valence-electron chi connectivity index (χ2n) is 6.86.